The molecule has 3 rings (SSSR count). The van der Waals surface area contributed by atoms with Crippen LogP contribution >= 0.6 is 0 Å². The SMILES string of the molecule is [2H]C([2H])([2H])C([2H])([2H])c1cc(N)c(OC)cc1N1CCC(N2CCN(C(=O)OC(C)(C)C)CC2)CC1. The lowest BCUT2D eigenvalue weighted by atomic mass is 9.99. The number of nitrogens with two attached hydrogens (primary N) is 1. The Hall–Kier alpha value is -2.15. The van der Waals surface area contributed by atoms with Gasteiger partial charge in [-0.15, -0.1) is 0 Å². The van der Waals surface area contributed by atoms with Crippen molar-refractivity contribution in [1.82, 2.24) is 9.80 Å². The van der Waals surface area contributed by atoms with Gasteiger partial charge in [0.25, 0.3) is 0 Å². The number of rotatable bonds is 4. The van der Waals surface area contributed by atoms with E-state index in [2.05, 4.69) is 4.90 Å². The highest BCUT2D eigenvalue weighted by Crippen LogP contribution is 2.34. The summed E-state index contributed by atoms with van der Waals surface area (Å²) in [7, 11) is 1.48. The van der Waals surface area contributed by atoms with E-state index in [1.807, 2.05) is 25.7 Å². The average molecular weight is 424 g/mol. The van der Waals surface area contributed by atoms with Crippen molar-refractivity contribution >= 4 is 17.5 Å². The van der Waals surface area contributed by atoms with E-state index in [0.717, 1.165) is 25.9 Å². The van der Waals surface area contributed by atoms with Gasteiger partial charge in [0, 0.05) is 63.9 Å². The first-order valence-electron chi connectivity index (χ1n) is 13.1. The average Bonchev–Trinajstić information content (AvgIpc) is 2.77. The molecule has 2 heterocycles. The molecule has 0 unspecified atom stereocenters. The molecule has 1 aromatic rings. The number of nitrogen functional groups attached to an aromatic ring is 1. The molecular weight excluding hydrogens is 380 g/mol. The van der Waals surface area contributed by atoms with Crippen molar-refractivity contribution in [1.29, 1.82) is 0 Å². The van der Waals surface area contributed by atoms with Gasteiger partial charge in [0.1, 0.15) is 11.4 Å². The van der Waals surface area contributed by atoms with Crippen molar-refractivity contribution in [3.8, 4) is 5.75 Å². The summed E-state index contributed by atoms with van der Waals surface area (Å²) in [6.45, 7) is 6.82. The summed E-state index contributed by atoms with van der Waals surface area (Å²) in [5.74, 6) is 0.394. The fraction of sp³-hybridized carbons (Fsp3) is 0.696. The molecule has 0 aromatic heterocycles. The molecule has 0 saturated carbocycles. The second-order valence-corrected chi connectivity index (χ2v) is 8.96. The van der Waals surface area contributed by atoms with Gasteiger partial charge in [0.15, 0.2) is 0 Å². The van der Waals surface area contributed by atoms with Crippen LogP contribution in [0.4, 0.5) is 16.2 Å². The summed E-state index contributed by atoms with van der Waals surface area (Å²) in [5, 5.41) is 0. The van der Waals surface area contributed by atoms with Crippen LogP contribution < -0.4 is 15.4 Å². The molecule has 0 atom stereocenters. The van der Waals surface area contributed by atoms with Crippen molar-refractivity contribution in [2.24, 2.45) is 0 Å². The normalized spacial score (nSPS) is 22.5. The quantitative estimate of drug-likeness (QED) is 0.749. The van der Waals surface area contributed by atoms with Crippen LogP contribution in [0.25, 0.3) is 0 Å². The smallest absolute Gasteiger partial charge is 0.410 e. The molecular formula is C23H38N4O3. The summed E-state index contributed by atoms with van der Waals surface area (Å²) in [6, 6.07) is 3.38. The van der Waals surface area contributed by atoms with Crippen molar-refractivity contribution in [2.75, 3.05) is 57.0 Å². The Bertz CT molecular complexity index is 904. The third kappa shape index (κ3) is 5.31. The van der Waals surface area contributed by atoms with Crippen LogP contribution in [0.3, 0.4) is 0 Å². The second kappa shape index (κ2) is 9.33. The summed E-state index contributed by atoms with van der Waals surface area (Å²) < 4.78 is 50.7. The first-order chi connectivity index (χ1) is 16.1. The molecule has 2 aliphatic heterocycles. The second-order valence-electron chi connectivity index (χ2n) is 8.96. The molecule has 7 heteroatoms. The number of aryl methyl sites for hydroxylation is 1. The number of carbonyl (C=O) groups excluding carboxylic acids is 1. The van der Waals surface area contributed by atoms with Crippen LogP contribution in [0.5, 0.6) is 5.75 Å². The fourth-order valence-corrected chi connectivity index (χ4v) is 4.19. The molecule has 0 bridgehead atoms. The third-order valence-corrected chi connectivity index (χ3v) is 5.77. The van der Waals surface area contributed by atoms with Crippen molar-refractivity contribution in [3.05, 3.63) is 17.7 Å². The maximum atomic E-state index is 12.3. The Morgan fingerprint density at radius 1 is 1.20 bits per heavy atom. The molecule has 30 heavy (non-hydrogen) atoms. The number of anilines is 2. The fourth-order valence-electron chi connectivity index (χ4n) is 4.19. The highest BCUT2D eigenvalue weighted by atomic mass is 16.6. The number of benzene rings is 1. The topological polar surface area (TPSA) is 71.3 Å². The van der Waals surface area contributed by atoms with Gasteiger partial charge >= 0.3 is 6.09 Å². The predicted molar refractivity (Wildman–Crippen MR) is 121 cm³/mol. The first-order valence-corrected chi connectivity index (χ1v) is 10.6. The van der Waals surface area contributed by atoms with Gasteiger partial charge in [-0.3, -0.25) is 4.90 Å². The van der Waals surface area contributed by atoms with E-state index in [9.17, 15) is 4.79 Å². The lowest BCUT2D eigenvalue weighted by molar-refractivity contribution is 0.00902. The van der Waals surface area contributed by atoms with Crippen LogP contribution in [0.15, 0.2) is 12.1 Å². The number of carbonyl (C=O) groups is 1. The van der Waals surface area contributed by atoms with Crippen LogP contribution in [0, 0.1) is 0 Å². The van der Waals surface area contributed by atoms with Gasteiger partial charge in [-0.25, -0.2) is 4.79 Å². The van der Waals surface area contributed by atoms with Crippen molar-refractivity contribution in [2.45, 2.75) is 58.5 Å². The molecule has 0 aliphatic carbocycles. The van der Waals surface area contributed by atoms with E-state index in [0.29, 0.717) is 43.7 Å². The van der Waals surface area contributed by atoms with E-state index >= 15 is 0 Å². The molecule has 1 amide bonds. The zero-order chi connectivity index (χ0) is 26.2. The number of ether oxygens (including phenoxy) is 2. The maximum Gasteiger partial charge on any atom is 0.410 e. The Balaban J connectivity index is 1.68. The van der Waals surface area contributed by atoms with Crippen LogP contribution in [-0.4, -0.2) is 73.9 Å². The minimum Gasteiger partial charge on any atom is -0.495 e. The molecule has 0 spiro atoms. The zero-order valence-corrected chi connectivity index (χ0v) is 18.5. The highest BCUT2D eigenvalue weighted by molar-refractivity contribution is 5.68. The number of piperidine rings is 1. The summed E-state index contributed by atoms with van der Waals surface area (Å²) in [6.07, 6.45) is -1.15. The number of amides is 1. The molecule has 2 fully saturated rings. The standard InChI is InChI=1S/C23H38N4O3/c1-6-17-15-19(24)21(29-5)16-20(17)26-9-7-18(8-10-26)25-11-13-27(14-12-25)22(28)30-23(2,3)4/h15-16,18H,6-14,24H2,1-5H3/i1D3,6D2. The van der Waals surface area contributed by atoms with Gasteiger partial charge in [0.05, 0.1) is 12.8 Å². The van der Waals surface area contributed by atoms with Crippen molar-refractivity contribution < 1.29 is 21.1 Å². The number of hydrogen-bond donors (Lipinski definition) is 1. The van der Waals surface area contributed by atoms with E-state index in [1.165, 1.54) is 13.2 Å². The Labute approximate surface area is 188 Å². The Kier molecular flexibility index (Phi) is 5.14. The number of hydrogen-bond acceptors (Lipinski definition) is 6. The van der Waals surface area contributed by atoms with Crippen LogP contribution in [0.2, 0.25) is 0 Å². The van der Waals surface area contributed by atoms with Gasteiger partial charge in [-0.1, -0.05) is 6.85 Å². The van der Waals surface area contributed by atoms with E-state index in [-0.39, 0.29) is 17.3 Å². The zero-order valence-electron chi connectivity index (χ0n) is 23.5. The maximum absolute atomic E-state index is 12.3. The molecule has 2 aliphatic rings. The Morgan fingerprint density at radius 3 is 2.43 bits per heavy atom. The Morgan fingerprint density at radius 2 is 1.87 bits per heavy atom. The van der Waals surface area contributed by atoms with Gasteiger partial charge in [-0.2, -0.15) is 0 Å². The number of nitrogens with zero attached hydrogens (tertiary/aromatic N) is 3. The van der Waals surface area contributed by atoms with Crippen LogP contribution in [0.1, 0.15) is 52.9 Å². The molecule has 7 nitrogen and oxygen atoms in total. The van der Waals surface area contributed by atoms with Gasteiger partial charge < -0.3 is 25.0 Å². The largest absolute Gasteiger partial charge is 0.495 e. The highest BCUT2D eigenvalue weighted by Gasteiger charge is 2.31. The van der Waals surface area contributed by atoms with Crippen molar-refractivity contribution in [3.63, 3.8) is 0 Å². The minimum absolute atomic E-state index is 0.0558. The monoisotopic (exact) mass is 423 g/mol. The summed E-state index contributed by atoms with van der Waals surface area (Å²) >= 11 is 0. The van der Waals surface area contributed by atoms with Gasteiger partial charge in [-0.05, 0) is 51.6 Å². The summed E-state index contributed by atoms with van der Waals surface area (Å²) in [4.78, 5) is 18.5. The van der Waals surface area contributed by atoms with E-state index in [4.69, 9.17) is 22.1 Å². The number of piperazine rings is 1. The van der Waals surface area contributed by atoms with E-state index in [1.54, 1.807) is 11.0 Å². The lowest BCUT2D eigenvalue weighted by Gasteiger charge is -2.43. The molecule has 1 aromatic carbocycles. The third-order valence-electron chi connectivity index (χ3n) is 5.77. The van der Waals surface area contributed by atoms with E-state index < -0.39 is 18.8 Å². The molecule has 0 radical (unpaired) electrons. The molecule has 2 N–H and O–H groups in total. The summed E-state index contributed by atoms with van der Waals surface area (Å²) in [5.41, 5.74) is 6.27. The van der Waals surface area contributed by atoms with Gasteiger partial charge in [0.2, 0.25) is 0 Å². The molecule has 168 valence electrons. The van der Waals surface area contributed by atoms with Crippen LogP contribution in [-0.2, 0) is 11.1 Å². The lowest BCUT2D eigenvalue weighted by Crippen LogP contribution is -2.55. The molecule has 2 saturated heterocycles. The number of methoxy groups -OCH3 is 1. The predicted octanol–water partition coefficient (Wildman–Crippen LogP) is 3.36. The first kappa shape index (κ1) is 16.5. The minimum atomic E-state index is -2.84.